The zero-order valence-electron chi connectivity index (χ0n) is 21.9. The number of ketones is 1. The fraction of sp³-hybridized carbons (Fsp3) is 0.258. The summed E-state index contributed by atoms with van der Waals surface area (Å²) in [5, 5.41) is 19.3. The van der Waals surface area contributed by atoms with Gasteiger partial charge in [-0.15, -0.1) is 0 Å². The standard InChI is InChI=1S/C31H30N2O7/c1-20-17-33(27-16-25(35)26(18-34)40-27)31(37)32-30(20)38-19-21-12-14-24(15-13-21)39-29(23-10-6-3-7-11-23)28(36)22-8-4-2-5-9-22/h2-15,17,25-27,29,34-35H,16,18-19H2,1H3/t25-,26?,27+,29?/m0/s1. The van der Waals surface area contributed by atoms with E-state index in [0.717, 1.165) is 11.1 Å². The topological polar surface area (TPSA) is 120 Å². The monoisotopic (exact) mass is 542 g/mol. The Morgan fingerprint density at radius 2 is 1.73 bits per heavy atom. The van der Waals surface area contributed by atoms with Crippen molar-refractivity contribution in [2.75, 3.05) is 6.61 Å². The van der Waals surface area contributed by atoms with E-state index in [1.807, 2.05) is 60.7 Å². The van der Waals surface area contributed by atoms with Crippen LogP contribution in [0.5, 0.6) is 11.6 Å². The van der Waals surface area contributed by atoms with Crippen LogP contribution in [-0.2, 0) is 11.3 Å². The average molecular weight is 543 g/mol. The first-order chi connectivity index (χ1) is 19.4. The number of ether oxygens (including phenoxy) is 3. The van der Waals surface area contributed by atoms with E-state index in [4.69, 9.17) is 14.2 Å². The Kier molecular flexibility index (Phi) is 8.35. The Morgan fingerprint density at radius 1 is 1.05 bits per heavy atom. The molecule has 2 heterocycles. The van der Waals surface area contributed by atoms with Crippen LogP contribution >= 0.6 is 0 Å². The van der Waals surface area contributed by atoms with Crippen molar-refractivity contribution in [3.63, 3.8) is 0 Å². The van der Waals surface area contributed by atoms with Crippen molar-refractivity contribution in [2.24, 2.45) is 0 Å². The molecule has 2 N–H and O–H groups in total. The van der Waals surface area contributed by atoms with Crippen molar-refractivity contribution < 1.29 is 29.2 Å². The highest BCUT2D eigenvalue weighted by Gasteiger charge is 2.35. The molecule has 4 aromatic rings. The second-order valence-corrected chi connectivity index (χ2v) is 9.61. The number of aliphatic hydroxyl groups is 2. The highest BCUT2D eigenvalue weighted by molar-refractivity contribution is 6.00. The van der Waals surface area contributed by atoms with E-state index in [1.165, 1.54) is 4.57 Å². The normalized spacial score (nSPS) is 19.2. The minimum atomic E-state index is -0.857. The molecule has 0 bridgehead atoms. The van der Waals surface area contributed by atoms with Crippen LogP contribution in [0.25, 0.3) is 0 Å². The summed E-state index contributed by atoms with van der Waals surface area (Å²) in [6.45, 7) is 1.59. The van der Waals surface area contributed by atoms with E-state index in [2.05, 4.69) is 4.98 Å². The Hall–Kier alpha value is -4.31. The first-order valence-electron chi connectivity index (χ1n) is 13.0. The summed E-state index contributed by atoms with van der Waals surface area (Å²) in [7, 11) is 0. The predicted octanol–water partition coefficient (Wildman–Crippen LogP) is 3.77. The maximum Gasteiger partial charge on any atom is 0.352 e. The highest BCUT2D eigenvalue weighted by Crippen LogP contribution is 2.29. The second-order valence-electron chi connectivity index (χ2n) is 9.61. The molecule has 2 unspecified atom stereocenters. The zero-order valence-corrected chi connectivity index (χ0v) is 21.9. The van der Waals surface area contributed by atoms with Crippen LogP contribution in [0.15, 0.2) is 95.9 Å². The first kappa shape index (κ1) is 27.3. The maximum absolute atomic E-state index is 13.3. The van der Waals surface area contributed by atoms with Crippen LogP contribution in [0, 0.1) is 6.92 Å². The molecule has 5 rings (SSSR count). The molecular formula is C31H30N2O7. The molecule has 0 saturated carbocycles. The van der Waals surface area contributed by atoms with Gasteiger partial charge in [-0.2, -0.15) is 4.98 Å². The quantitative estimate of drug-likeness (QED) is 0.291. The first-order valence-corrected chi connectivity index (χ1v) is 13.0. The van der Waals surface area contributed by atoms with Crippen molar-refractivity contribution in [3.05, 3.63) is 124 Å². The number of hydrogen-bond donors (Lipinski definition) is 2. The third-order valence-electron chi connectivity index (χ3n) is 6.73. The number of carbonyl (C=O) groups excluding carboxylic acids is 1. The second kappa shape index (κ2) is 12.3. The van der Waals surface area contributed by atoms with Crippen LogP contribution < -0.4 is 15.2 Å². The van der Waals surface area contributed by atoms with Crippen LogP contribution in [0.1, 0.15) is 45.8 Å². The molecule has 1 aliphatic rings. The van der Waals surface area contributed by atoms with Gasteiger partial charge >= 0.3 is 5.69 Å². The summed E-state index contributed by atoms with van der Waals surface area (Å²) in [6.07, 6.45) is -1.35. The molecule has 9 heteroatoms. The molecule has 0 aliphatic carbocycles. The molecule has 0 radical (unpaired) electrons. The summed E-state index contributed by atoms with van der Waals surface area (Å²) in [5.41, 5.74) is 2.18. The number of nitrogens with zero attached hydrogens (tertiary/aromatic N) is 2. The number of Topliss-reactive ketones (excluding diaryl/α,β-unsaturated/α-hetero) is 1. The smallest absolute Gasteiger partial charge is 0.352 e. The minimum absolute atomic E-state index is 0.139. The highest BCUT2D eigenvalue weighted by atomic mass is 16.5. The number of rotatable bonds is 10. The Labute approximate surface area is 231 Å². The molecular weight excluding hydrogens is 512 g/mol. The molecule has 9 nitrogen and oxygen atoms in total. The zero-order chi connectivity index (χ0) is 28.1. The van der Waals surface area contributed by atoms with E-state index in [9.17, 15) is 19.8 Å². The van der Waals surface area contributed by atoms with Crippen LogP contribution in [0.2, 0.25) is 0 Å². The number of hydrogen-bond acceptors (Lipinski definition) is 8. The van der Waals surface area contributed by atoms with Gasteiger partial charge in [0.25, 0.3) is 0 Å². The van der Waals surface area contributed by atoms with Gasteiger partial charge in [0.1, 0.15) is 24.7 Å². The van der Waals surface area contributed by atoms with Gasteiger partial charge in [0.15, 0.2) is 6.10 Å². The predicted molar refractivity (Wildman–Crippen MR) is 146 cm³/mol. The van der Waals surface area contributed by atoms with Gasteiger partial charge in [0, 0.05) is 29.3 Å². The molecule has 1 fully saturated rings. The molecule has 0 amide bonds. The third-order valence-corrected chi connectivity index (χ3v) is 6.73. The third kappa shape index (κ3) is 6.12. The van der Waals surface area contributed by atoms with Crippen molar-refractivity contribution in [3.8, 4) is 11.6 Å². The Morgan fingerprint density at radius 3 is 2.38 bits per heavy atom. The molecule has 1 saturated heterocycles. The van der Waals surface area contributed by atoms with Crippen molar-refractivity contribution >= 4 is 5.78 Å². The summed E-state index contributed by atoms with van der Waals surface area (Å²) >= 11 is 0. The van der Waals surface area contributed by atoms with Crippen molar-refractivity contribution in [2.45, 2.75) is 44.5 Å². The SMILES string of the molecule is Cc1cn([C@H]2C[C@H](O)C(CO)O2)c(=O)nc1OCc1ccc(OC(C(=O)c2ccccc2)c2ccccc2)cc1. The van der Waals surface area contributed by atoms with Gasteiger partial charge in [-0.3, -0.25) is 9.36 Å². The van der Waals surface area contributed by atoms with Gasteiger partial charge in [-0.25, -0.2) is 4.79 Å². The molecule has 40 heavy (non-hydrogen) atoms. The molecule has 0 spiro atoms. The molecule has 206 valence electrons. The van der Waals surface area contributed by atoms with Gasteiger partial charge in [-0.1, -0.05) is 72.8 Å². The van der Waals surface area contributed by atoms with E-state index < -0.39 is 30.2 Å². The summed E-state index contributed by atoms with van der Waals surface area (Å²) in [4.78, 5) is 29.9. The van der Waals surface area contributed by atoms with Gasteiger partial charge < -0.3 is 24.4 Å². The van der Waals surface area contributed by atoms with Crippen LogP contribution in [0.3, 0.4) is 0 Å². The van der Waals surface area contributed by atoms with Crippen molar-refractivity contribution in [1.82, 2.24) is 9.55 Å². The number of benzene rings is 3. The van der Waals surface area contributed by atoms with E-state index in [1.54, 1.807) is 37.4 Å². The number of carbonyl (C=O) groups is 1. The van der Waals surface area contributed by atoms with E-state index in [0.29, 0.717) is 16.9 Å². The van der Waals surface area contributed by atoms with Gasteiger partial charge in [-0.05, 0) is 24.6 Å². The Bertz CT molecular complexity index is 1490. The van der Waals surface area contributed by atoms with Crippen LogP contribution in [0.4, 0.5) is 0 Å². The molecule has 4 atom stereocenters. The fourth-order valence-electron chi connectivity index (χ4n) is 4.56. The van der Waals surface area contributed by atoms with Crippen LogP contribution in [-0.4, -0.2) is 44.4 Å². The van der Waals surface area contributed by atoms with Crippen molar-refractivity contribution in [1.29, 1.82) is 0 Å². The maximum atomic E-state index is 13.3. The van der Waals surface area contributed by atoms with E-state index >= 15 is 0 Å². The molecule has 1 aromatic heterocycles. The van der Waals surface area contributed by atoms with E-state index in [-0.39, 0.29) is 31.3 Å². The Balaban J connectivity index is 1.26. The molecule has 1 aliphatic heterocycles. The average Bonchev–Trinajstić information content (AvgIpc) is 3.37. The molecule has 3 aromatic carbocycles. The summed E-state index contributed by atoms with van der Waals surface area (Å²) in [6, 6.07) is 25.6. The minimum Gasteiger partial charge on any atom is -0.478 e. The fourth-order valence-corrected chi connectivity index (χ4v) is 4.56. The lowest BCUT2D eigenvalue weighted by Gasteiger charge is -2.19. The number of aryl methyl sites for hydroxylation is 1. The summed E-state index contributed by atoms with van der Waals surface area (Å²) < 4.78 is 18.9. The lowest BCUT2D eigenvalue weighted by molar-refractivity contribution is -0.0460. The number of aromatic nitrogens is 2. The largest absolute Gasteiger partial charge is 0.478 e. The van der Waals surface area contributed by atoms with Gasteiger partial charge in [0.05, 0.1) is 12.7 Å². The summed E-state index contributed by atoms with van der Waals surface area (Å²) in [5.74, 6) is 0.579. The van der Waals surface area contributed by atoms with Gasteiger partial charge in [0.2, 0.25) is 11.7 Å². The number of aliphatic hydroxyl groups excluding tert-OH is 2. The lowest BCUT2D eigenvalue weighted by atomic mass is 10.00. The lowest BCUT2D eigenvalue weighted by Crippen LogP contribution is -2.28.